The summed E-state index contributed by atoms with van der Waals surface area (Å²) in [6.45, 7) is 0.669. The Morgan fingerprint density at radius 2 is 1.87 bits per heavy atom. The number of nitrogens with zero attached hydrogens (tertiary/aromatic N) is 4. The minimum atomic E-state index is -2.64. The Morgan fingerprint density at radius 3 is 2.65 bits per heavy atom. The molecule has 31 heavy (non-hydrogen) atoms. The van der Waals surface area contributed by atoms with Crippen LogP contribution in [0, 0.1) is 5.82 Å². The molecule has 0 spiro atoms. The van der Waals surface area contributed by atoms with Gasteiger partial charge in [-0.1, -0.05) is 12.1 Å². The fraction of sp³-hybridized carbons (Fsp3) is 0.409. The Bertz CT molecular complexity index is 1080. The SMILES string of the molecule is Fc1cncc(-c2nc(C3CCC(F)(F)CC3)n(CC3COc4ccccc4O3)n2)c1. The van der Waals surface area contributed by atoms with Crippen molar-refractivity contribution in [2.45, 2.75) is 50.2 Å². The molecule has 1 unspecified atom stereocenters. The third-order valence-corrected chi connectivity index (χ3v) is 5.69. The maximum atomic E-state index is 13.7. The lowest BCUT2D eigenvalue weighted by atomic mass is 9.86. The molecule has 162 valence electrons. The molecule has 0 radical (unpaired) electrons. The van der Waals surface area contributed by atoms with E-state index >= 15 is 0 Å². The van der Waals surface area contributed by atoms with Gasteiger partial charge in [-0.05, 0) is 31.0 Å². The van der Waals surface area contributed by atoms with E-state index in [9.17, 15) is 13.2 Å². The molecule has 2 aliphatic rings. The molecular weight excluding hydrogens is 409 g/mol. The number of fused-ring (bicyclic) bond motifs is 1. The zero-order chi connectivity index (χ0) is 21.4. The van der Waals surface area contributed by atoms with Crippen molar-refractivity contribution in [3.63, 3.8) is 0 Å². The average molecular weight is 430 g/mol. The van der Waals surface area contributed by atoms with Gasteiger partial charge in [0.2, 0.25) is 5.92 Å². The maximum Gasteiger partial charge on any atom is 0.248 e. The monoisotopic (exact) mass is 430 g/mol. The van der Waals surface area contributed by atoms with Crippen LogP contribution < -0.4 is 9.47 Å². The van der Waals surface area contributed by atoms with Gasteiger partial charge in [-0.15, -0.1) is 0 Å². The van der Waals surface area contributed by atoms with Crippen molar-refractivity contribution in [3.8, 4) is 22.9 Å². The maximum absolute atomic E-state index is 13.7. The largest absolute Gasteiger partial charge is 0.486 e. The number of hydrogen-bond donors (Lipinski definition) is 0. The molecule has 1 fully saturated rings. The Balaban J connectivity index is 1.43. The van der Waals surface area contributed by atoms with Crippen LogP contribution in [0.3, 0.4) is 0 Å². The molecule has 3 aromatic rings. The fourth-order valence-electron chi connectivity index (χ4n) is 4.09. The van der Waals surface area contributed by atoms with Crippen LogP contribution in [0.15, 0.2) is 42.7 Å². The molecule has 0 amide bonds. The zero-order valence-electron chi connectivity index (χ0n) is 16.7. The van der Waals surface area contributed by atoms with Gasteiger partial charge in [0.05, 0.1) is 12.7 Å². The Labute approximate surface area is 177 Å². The third-order valence-electron chi connectivity index (χ3n) is 5.69. The van der Waals surface area contributed by atoms with Crippen molar-refractivity contribution in [1.82, 2.24) is 19.7 Å². The summed E-state index contributed by atoms with van der Waals surface area (Å²) in [7, 11) is 0. The van der Waals surface area contributed by atoms with E-state index in [1.807, 2.05) is 24.3 Å². The number of ether oxygens (including phenoxy) is 2. The lowest BCUT2D eigenvalue weighted by Crippen LogP contribution is -2.34. The zero-order valence-corrected chi connectivity index (χ0v) is 16.7. The fourth-order valence-corrected chi connectivity index (χ4v) is 4.09. The molecule has 6 nitrogen and oxygen atoms in total. The molecule has 0 bridgehead atoms. The number of rotatable bonds is 4. The molecule has 1 aliphatic carbocycles. The molecule has 0 N–H and O–H groups in total. The number of alkyl halides is 2. The number of para-hydroxylation sites is 2. The molecule has 1 saturated carbocycles. The highest BCUT2D eigenvalue weighted by Crippen LogP contribution is 2.41. The predicted molar refractivity (Wildman–Crippen MR) is 106 cm³/mol. The van der Waals surface area contributed by atoms with Gasteiger partial charge in [0, 0.05) is 30.5 Å². The summed E-state index contributed by atoms with van der Waals surface area (Å²) in [5.41, 5.74) is 0.437. The van der Waals surface area contributed by atoms with Crippen LogP contribution in [0.4, 0.5) is 13.2 Å². The lowest BCUT2D eigenvalue weighted by molar-refractivity contribution is -0.0392. The van der Waals surface area contributed by atoms with E-state index in [-0.39, 0.29) is 24.9 Å². The molecule has 5 rings (SSSR count). The second-order valence-corrected chi connectivity index (χ2v) is 8.00. The van der Waals surface area contributed by atoms with Gasteiger partial charge < -0.3 is 9.47 Å². The molecule has 9 heteroatoms. The van der Waals surface area contributed by atoms with Crippen molar-refractivity contribution in [1.29, 1.82) is 0 Å². The van der Waals surface area contributed by atoms with Crippen LogP contribution >= 0.6 is 0 Å². The molecular formula is C22H21F3N4O2. The number of pyridine rings is 1. The van der Waals surface area contributed by atoms with Crippen molar-refractivity contribution >= 4 is 0 Å². The predicted octanol–water partition coefficient (Wildman–Crippen LogP) is 4.61. The third kappa shape index (κ3) is 4.22. The topological polar surface area (TPSA) is 62.1 Å². The first-order valence-corrected chi connectivity index (χ1v) is 10.3. The summed E-state index contributed by atoms with van der Waals surface area (Å²) in [6.07, 6.45) is 2.54. The molecule has 0 saturated heterocycles. The summed E-state index contributed by atoms with van der Waals surface area (Å²) >= 11 is 0. The van der Waals surface area contributed by atoms with Crippen LogP contribution in [0.2, 0.25) is 0 Å². The van der Waals surface area contributed by atoms with Crippen LogP contribution in [-0.4, -0.2) is 38.4 Å². The van der Waals surface area contributed by atoms with E-state index in [4.69, 9.17) is 9.47 Å². The van der Waals surface area contributed by atoms with E-state index in [2.05, 4.69) is 15.1 Å². The minimum absolute atomic E-state index is 0.154. The van der Waals surface area contributed by atoms with E-state index in [0.717, 1.165) is 6.20 Å². The number of aromatic nitrogens is 4. The number of benzene rings is 1. The average Bonchev–Trinajstić information content (AvgIpc) is 3.17. The first-order chi connectivity index (χ1) is 15.0. The van der Waals surface area contributed by atoms with Gasteiger partial charge in [0.1, 0.15) is 18.2 Å². The van der Waals surface area contributed by atoms with Gasteiger partial charge in [-0.3, -0.25) is 4.98 Å². The summed E-state index contributed by atoms with van der Waals surface area (Å²) < 4.78 is 54.6. The van der Waals surface area contributed by atoms with Gasteiger partial charge in [-0.2, -0.15) is 5.10 Å². The van der Waals surface area contributed by atoms with Gasteiger partial charge in [-0.25, -0.2) is 22.8 Å². The minimum Gasteiger partial charge on any atom is -0.486 e. The van der Waals surface area contributed by atoms with Crippen molar-refractivity contribution < 1.29 is 22.6 Å². The van der Waals surface area contributed by atoms with Gasteiger partial charge in [0.15, 0.2) is 23.4 Å². The van der Waals surface area contributed by atoms with E-state index < -0.39 is 11.7 Å². The highest BCUT2D eigenvalue weighted by Gasteiger charge is 2.37. The van der Waals surface area contributed by atoms with Crippen LogP contribution in [0.25, 0.3) is 11.4 Å². The van der Waals surface area contributed by atoms with Crippen molar-refractivity contribution in [3.05, 3.63) is 54.4 Å². The summed E-state index contributed by atoms with van der Waals surface area (Å²) in [5, 5.41) is 4.56. The smallest absolute Gasteiger partial charge is 0.248 e. The first-order valence-electron chi connectivity index (χ1n) is 10.3. The second-order valence-electron chi connectivity index (χ2n) is 8.00. The summed E-state index contributed by atoms with van der Waals surface area (Å²) in [6, 6.07) is 8.71. The normalized spacial score (nSPS) is 20.5. The van der Waals surface area contributed by atoms with Crippen LogP contribution in [0.5, 0.6) is 11.5 Å². The van der Waals surface area contributed by atoms with Crippen molar-refractivity contribution in [2.75, 3.05) is 6.61 Å². The first kappa shape index (κ1) is 19.8. The van der Waals surface area contributed by atoms with Crippen LogP contribution in [-0.2, 0) is 6.54 Å². The highest BCUT2D eigenvalue weighted by molar-refractivity contribution is 5.52. The quantitative estimate of drug-likeness (QED) is 0.605. The van der Waals surface area contributed by atoms with Crippen LogP contribution in [0.1, 0.15) is 37.4 Å². The van der Waals surface area contributed by atoms with E-state index in [1.165, 1.54) is 12.3 Å². The molecule has 1 atom stereocenters. The Hall–Kier alpha value is -3.10. The van der Waals surface area contributed by atoms with Gasteiger partial charge in [0.25, 0.3) is 0 Å². The van der Waals surface area contributed by atoms with Gasteiger partial charge >= 0.3 is 0 Å². The Morgan fingerprint density at radius 1 is 1.10 bits per heavy atom. The second kappa shape index (κ2) is 7.86. The lowest BCUT2D eigenvalue weighted by Gasteiger charge is -2.29. The highest BCUT2D eigenvalue weighted by atomic mass is 19.3. The van der Waals surface area contributed by atoms with Crippen molar-refractivity contribution in [2.24, 2.45) is 0 Å². The van der Waals surface area contributed by atoms with E-state index in [1.54, 1.807) is 4.68 Å². The summed E-state index contributed by atoms with van der Waals surface area (Å²) in [5.74, 6) is -1.03. The van der Waals surface area contributed by atoms with E-state index in [0.29, 0.717) is 54.7 Å². The molecule has 2 aromatic heterocycles. The summed E-state index contributed by atoms with van der Waals surface area (Å²) in [4.78, 5) is 8.47. The number of hydrogen-bond acceptors (Lipinski definition) is 5. The molecule has 1 aromatic carbocycles. The molecule has 1 aliphatic heterocycles. The standard InChI is InChI=1S/C22H21F3N4O2/c23-16-9-15(10-26-11-16)20-27-21(14-5-7-22(24,25)8-6-14)29(28-20)12-17-13-30-18-3-1-2-4-19(18)31-17/h1-4,9-11,14,17H,5-8,12-13H2. The Kier molecular flexibility index (Phi) is 5.03. The number of halogens is 3. The molecule has 3 heterocycles.